The first-order valence-electron chi connectivity index (χ1n) is 6.51. The highest BCUT2D eigenvalue weighted by Gasteiger charge is 2.24. The van der Waals surface area contributed by atoms with E-state index in [0.717, 1.165) is 0 Å². The molecule has 1 unspecified atom stereocenters. The summed E-state index contributed by atoms with van der Waals surface area (Å²) >= 11 is 0. The molecule has 2 heterocycles. The van der Waals surface area contributed by atoms with Gasteiger partial charge in [0.2, 0.25) is 15.9 Å². The number of sulfonamides is 1. The molecule has 3 N–H and O–H groups in total. The summed E-state index contributed by atoms with van der Waals surface area (Å²) in [5, 5.41) is 5.64. The monoisotopic (exact) mass is 298 g/mol. The lowest BCUT2D eigenvalue weighted by molar-refractivity contribution is -0.119. The standard InChI is InChI=1S/C12H18N4O3S/c1-2-13-12-10(4-3-7-14-12)20(18,19)15-8-9-5-6-11(17)16-9/h3-4,7,9,15H,2,5-6,8H2,1H3,(H,13,14)(H,16,17). The fourth-order valence-electron chi connectivity index (χ4n) is 2.03. The van der Waals surface area contributed by atoms with Gasteiger partial charge in [0.15, 0.2) is 0 Å². The first-order valence-corrected chi connectivity index (χ1v) is 7.99. The molecule has 1 fully saturated rings. The summed E-state index contributed by atoms with van der Waals surface area (Å²) in [7, 11) is -3.64. The van der Waals surface area contributed by atoms with Crippen molar-refractivity contribution in [2.45, 2.75) is 30.7 Å². The Kier molecular flexibility index (Phi) is 4.56. The maximum absolute atomic E-state index is 12.3. The molecule has 0 saturated carbocycles. The van der Waals surface area contributed by atoms with Crippen molar-refractivity contribution in [3.63, 3.8) is 0 Å². The van der Waals surface area contributed by atoms with E-state index in [1.54, 1.807) is 6.07 Å². The van der Waals surface area contributed by atoms with E-state index in [1.807, 2.05) is 6.92 Å². The summed E-state index contributed by atoms with van der Waals surface area (Å²) < 4.78 is 27.0. The zero-order valence-corrected chi connectivity index (χ0v) is 12.0. The highest BCUT2D eigenvalue weighted by atomic mass is 32.2. The number of hydrogen-bond acceptors (Lipinski definition) is 5. The molecule has 7 nitrogen and oxygen atoms in total. The number of nitrogens with one attached hydrogen (secondary N) is 3. The molecule has 1 saturated heterocycles. The predicted molar refractivity (Wildman–Crippen MR) is 74.8 cm³/mol. The van der Waals surface area contributed by atoms with Crippen LogP contribution in [0.25, 0.3) is 0 Å². The van der Waals surface area contributed by atoms with Crippen LogP contribution < -0.4 is 15.4 Å². The van der Waals surface area contributed by atoms with Gasteiger partial charge in [-0.2, -0.15) is 0 Å². The Labute approximate surface area is 118 Å². The SMILES string of the molecule is CCNc1ncccc1S(=O)(=O)NCC1CCC(=O)N1. The molecule has 0 radical (unpaired) electrons. The van der Waals surface area contributed by atoms with Gasteiger partial charge >= 0.3 is 0 Å². The minimum Gasteiger partial charge on any atom is -0.369 e. The van der Waals surface area contributed by atoms with Crippen LogP contribution in [0.3, 0.4) is 0 Å². The first-order chi connectivity index (χ1) is 9.53. The molecule has 2 rings (SSSR count). The van der Waals surface area contributed by atoms with Crippen LogP contribution in [-0.2, 0) is 14.8 Å². The number of carbonyl (C=O) groups is 1. The molecule has 1 amide bonds. The number of hydrogen-bond donors (Lipinski definition) is 3. The normalized spacial score (nSPS) is 18.9. The Morgan fingerprint density at radius 2 is 2.30 bits per heavy atom. The highest BCUT2D eigenvalue weighted by Crippen LogP contribution is 2.17. The molecule has 0 aliphatic carbocycles. The third-order valence-electron chi connectivity index (χ3n) is 3.01. The smallest absolute Gasteiger partial charge is 0.244 e. The number of rotatable bonds is 6. The van der Waals surface area contributed by atoms with E-state index in [-0.39, 0.29) is 23.4 Å². The minimum absolute atomic E-state index is 0.0380. The third kappa shape index (κ3) is 3.45. The molecule has 1 aliphatic heterocycles. The van der Waals surface area contributed by atoms with Crippen LogP contribution in [0.5, 0.6) is 0 Å². The average molecular weight is 298 g/mol. The topological polar surface area (TPSA) is 100 Å². The van der Waals surface area contributed by atoms with Gasteiger partial charge in [-0.3, -0.25) is 4.79 Å². The van der Waals surface area contributed by atoms with E-state index in [2.05, 4.69) is 20.3 Å². The van der Waals surface area contributed by atoms with Crippen molar-refractivity contribution >= 4 is 21.7 Å². The van der Waals surface area contributed by atoms with Crippen LogP contribution >= 0.6 is 0 Å². The zero-order valence-electron chi connectivity index (χ0n) is 11.2. The van der Waals surface area contributed by atoms with E-state index >= 15 is 0 Å². The Morgan fingerprint density at radius 3 is 2.95 bits per heavy atom. The lowest BCUT2D eigenvalue weighted by Gasteiger charge is -2.14. The fraction of sp³-hybridized carbons (Fsp3) is 0.500. The van der Waals surface area contributed by atoms with Gasteiger partial charge in [-0.1, -0.05) is 0 Å². The minimum atomic E-state index is -3.64. The molecule has 0 aromatic carbocycles. The number of aromatic nitrogens is 1. The molecular formula is C12H18N4O3S. The summed E-state index contributed by atoms with van der Waals surface area (Å²) in [5.74, 6) is 0.293. The van der Waals surface area contributed by atoms with E-state index in [1.165, 1.54) is 12.3 Å². The summed E-state index contributed by atoms with van der Waals surface area (Å²) in [4.78, 5) is 15.2. The van der Waals surface area contributed by atoms with Crippen LogP contribution in [0.4, 0.5) is 5.82 Å². The van der Waals surface area contributed by atoms with E-state index in [0.29, 0.717) is 25.2 Å². The third-order valence-corrected chi connectivity index (χ3v) is 4.46. The molecule has 110 valence electrons. The van der Waals surface area contributed by atoms with Crippen molar-refractivity contribution in [1.29, 1.82) is 0 Å². The van der Waals surface area contributed by atoms with Gasteiger partial charge in [0, 0.05) is 31.7 Å². The second-order valence-electron chi connectivity index (χ2n) is 4.54. The maximum Gasteiger partial charge on any atom is 0.244 e. The van der Waals surface area contributed by atoms with Gasteiger partial charge in [0.05, 0.1) is 0 Å². The Morgan fingerprint density at radius 1 is 1.50 bits per heavy atom. The molecule has 20 heavy (non-hydrogen) atoms. The number of nitrogens with zero attached hydrogens (tertiary/aromatic N) is 1. The molecule has 0 bridgehead atoms. The number of amides is 1. The Hall–Kier alpha value is -1.67. The summed E-state index contributed by atoms with van der Waals surface area (Å²) in [6, 6.07) is 2.93. The molecule has 1 atom stereocenters. The number of pyridine rings is 1. The number of anilines is 1. The fourth-order valence-corrected chi connectivity index (χ4v) is 3.24. The van der Waals surface area contributed by atoms with Crippen LogP contribution in [-0.4, -0.2) is 38.4 Å². The largest absolute Gasteiger partial charge is 0.369 e. The van der Waals surface area contributed by atoms with Crippen molar-refractivity contribution in [1.82, 2.24) is 15.0 Å². The van der Waals surface area contributed by atoms with E-state index in [9.17, 15) is 13.2 Å². The first kappa shape index (κ1) is 14.7. The van der Waals surface area contributed by atoms with Gasteiger partial charge in [0.25, 0.3) is 0 Å². The van der Waals surface area contributed by atoms with Crippen molar-refractivity contribution in [3.05, 3.63) is 18.3 Å². The van der Waals surface area contributed by atoms with Gasteiger partial charge in [0.1, 0.15) is 10.7 Å². The molecule has 1 aromatic rings. The summed E-state index contributed by atoms with van der Waals surface area (Å²) in [6.07, 6.45) is 2.63. The second-order valence-corrected chi connectivity index (χ2v) is 6.27. The van der Waals surface area contributed by atoms with Gasteiger partial charge in [-0.25, -0.2) is 18.1 Å². The zero-order chi connectivity index (χ0) is 14.6. The summed E-state index contributed by atoms with van der Waals surface area (Å²) in [6.45, 7) is 2.64. The number of carbonyl (C=O) groups excluding carboxylic acids is 1. The quantitative estimate of drug-likeness (QED) is 0.690. The highest BCUT2D eigenvalue weighted by molar-refractivity contribution is 7.89. The Balaban J connectivity index is 2.08. The molecule has 1 aromatic heterocycles. The maximum atomic E-state index is 12.3. The predicted octanol–water partition coefficient (Wildman–Crippen LogP) is 0.0703. The van der Waals surface area contributed by atoms with Gasteiger partial charge in [-0.15, -0.1) is 0 Å². The van der Waals surface area contributed by atoms with Gasteiger partial charge < -0.3 is 10.6 Å². The molecular weight excluding hydrogens is 280 g/mol. The van der Waals surface area contributed by atoms with Crippen LogP contribution in [0.1, 0.15) is 19.8 Å². The van der Waals surface area contributed by atoms with Crippen molar-refractivity contribution < 1.29 is 13.2 Å². The lowest BCUT2D eigenvalue weighted by Crippen LogP contribution is -2.38. The van der Waals surface area contributed by atoms with Gasteiger partial charge in [-0.05, 0) is 25.5 Å². The van der Waals surface area contributed by atoms with E-state index in [4.69, 9.17) is 0 Å². The van der Waals surface area contributed by atoms with Crippen molar-refractivity contribution in [2.24, 2.45) is 0 Å². The lowest BCUT2D eigenvalue weighted by atomic mass is 10.2. The molecule has 8 heteroatoms. The van der Waals surface area contributed by atoms with Crippen LogP contribution in [0.15, 0.2) is 23.2 Å². The average Bonchev–Trinajstić information content (AvgIpc) is 2.83. The van der Waals surface area contributed by atoms with Crippen molar-refractivity contribution in [2.75, 3.05) is 18.4 Å². The summed E-state index contributed by atoms with van der Waals surface area (Å²) in [5.41, 5.74) is 0. The van der Waals surface area contributed by atoms with Crippen molar-refractivity contribution in [3.8, 4) is 0 Å². The Bertz CT molecular complexity index is 588. The second kappa shape index (κ2) is 6.19. The van der Waals surface area contributed by atoms with E-state index < -0.39 is 10.0 Å². The van der Waals surface area contributed by atoms with Crippen LogP contribution in [0, 0.1) is 0 Å². The molecule has 0 spiro atoms. The molecule has 1 aliphatic rings. The van der Waals surface area contributed by atoms with Crippen LogP contribution in [0.2, 0.25) is 0 Å².